The minimum Gasteiger partial charge on any atom is -0.298 e. The molecule has 7 heteroatoms. The maximum absolute atomic E-state index is 12.6. The molecule has 1 aliphatic heterocycles. The molecule has 7 nitrogen and oxygen atoms in total. The van der Waals surface area contributed by atoms with Gasteiger partial charge in [-0.1, -0.05) is 18.6 Å². The third-order valence-electron chi connectivity index (χ3n) is 4.95. The lowest BCUT2D eigenvalue weighted by atomic mass is 10.0. The Morgan fingerprint density at radius 2 is 2.08 bits per heavy atom. The second kappa shape index (κ2) is 6.40. The summed E-state index contributed by atoms with van der Waals surface area (Å²) in [5.74, 6) is 2.45. The molecule has 0 aliphatic carbocycles. The van der Waals surface area contributed by atoms with Crippen LogP contribution < -0.4 is 5.56 Å². The van der Waals surface area contributed by atoms with Crippen molar-refractivity contribution in [3.05, 3.63) is 52.1 Å². The topological polar surface area (TPSA) is 79.7 Å². The fraction of sp³-hybridized carbons (Fsp3) is 0.444. The maximum Gasteiger partial charge on any atom is 0.261 e. The Morgan fingerprint density at radius 1 is 1.24 bits per heavy atom. The molecule has 1 aliphatic rings. The van der Waals surface area contributed by atoms with Gasteiger partial charge in [-0.25, -0.2) is 9.97 Å². The zero-order valence-corrected chi connectivity index (χ0v) is 14.6. The molecule has 0 saturated carbocycles. The van der Waals surface area contributed by atoms with E-state index in [2.05, 4.69) is 20.1 Å². The van der Waals surface area contributed by atoms with E-state index < -0.39 is 0 Å². The summed E-state index contributed by atoms with van der Waals surface area (Å²) in [5.41, 5.74) is 0.755. The number of rotatable bonds is 3. The summed E-state index contributed by atoms with van der Waals surface area (Å²) < 4.78 is 1.66. The van der Waals surface area contributed by atoms with Crippen LogP contribution in [0.4, 0.5) is 0 Å². The Balaban J connectivity index is 1.69. The van der Waals surface area contributed by atoms with E-state index in [0.29, 0.717) is 11.9 Å². The Bertz CT molecular complexity index is 960. The van der Waals surface area contributed by atoms with Gasteiger partial charge in [0.05, 0.1) is 23.5 Å². The first-order valence-corrected chi connectivity index (χ1v) is 8.71. The number of aryl methyl sites for hydroxylation is 1. The Kier molecular flexibility index (Phi) is 4.09. The molecule has 25 heavy (non-hydrogen) atoms. The maximum atomic E-state index is 12.6. The first kappa shape index (κ1) is 16.0. The number of piperidine rings is 1. The summed E-state index contributed by atoms with van der Waals surface area (Å²) in [6, 6.07) is 7.68. The van der Waals surface area contributed by atoms with E-state index in [4.69, 9.17) is 4.98 Å². The molecule has 0 radical (unpaired) electrons. The predicted molar refractivity (Wildman–Crippen MR) is 95.1 cm³/mol. The number of aromatic nitrogens is 5. The summed E-state index contributed by atoms with van der Waals surface area (Å²) >= 11 is 0. The van der Waals surface area contributed by atoms with Crippen LogP contribution in [-0.4, -0.2) is 36.2 Å². The molecule has 0 bridgehead atoms. The van der Waals surface area contributed by atoms with Gasteiger partial charge in [0.15, 0.2) is 5.82 Å². The summed E-state index contributed by atoms with van der Waals surface area (Å²) in [5, 5.41) is 7.95. The third kappa shape index (κ3) is 2.95. The number of para-hydroxylation sites is 1. The molecule has 2 aromatic heterocycles. The number of benzene rings is 1. The van der Waals surface area contributed by atoms with Gasteiger partial charge in [-0.2, -0.15) is 5.10 Å². The molecular weight excluding hydrogens is 316 g/mol. The minimum atomic E-state index is 0.00268. The van der Waals surface area contributed by atoms with Crippen LogP contribution in [0.2, 0.25) is 0 Å². The summed E-state index contributed by atoms with van der Waals surface area (Å²) in [7, 11) is 1.80. The molecule has 1 saturated heterocycles. The number of aromatic amines is 1. The summed E-state index contributed by atoms with van der Waals surface area (Å²) in [4.78, 5) is 24.2. The highest BCUT2D eigenvalue weighted by atomic mass is 16.1. The van der Waals surface area contributed by atoms with Gasteiger partial charge in [-0.15, -0.1) is 0 Å². The molecule has 3 heterocycles. The van der Waals surface area contributed by atoms with E-state index >= 15 is 0 Å². The van der Waals surface area contributed by atoms with E-state index in [9.17, 15) is 4.79 Å². The van der Waals surface area contributed by atoms with Gasteiger partial charge in [0.1, 0.15) is 11.6 Å². The minimum absolute atomic E-state index is 0.00268. The molecule has 1 aromatic carbocycles. The van der Waals surface area contributed by atoms with Crippen molar-refractivity contribution in [1.29, 1.82) is 0 Å². The largest absolute Gasteiger partial charge is 0.298 e. The van der Waals surface area contributed by atoms with Crippen molar-refractivity contribution in [2.24, 2.45) is 7.05 Å². The quantitative estimate of drug-likeness (QED) is 0.791. The van der Waals surface area contributed by atoms with Crippen molar-refractivity contribution in [3.8, 4) is 0 Å². The molecule has 1 N–H and O–H groups in total. The smallest absolute Gasteiger partial charge is 0.261 e. The van der Waals surface area contributed by atoms with Gasteiger partial charge in [-0.3, -0.25) is 19.4 Å². The van der Waals surface area contributed by atoms with Gasteiger partial charge in [-0.05, 0) is 38.4 Å². The van der Waals surface area contributed by atoms with E-state index in [1.807, 2.05) is 31.2 Å². The van der Waals surface area contributed by atoms with Gasteiger partial charge in [0.25, 0.3) is 5.56 Å². The normalized spacial score (nSPS) is 18.7. The molecule has 1 atom stereocenters. The van der Waals surface area contributed by atoms with Crippen LogP contribution in [-0.2, 0) is 13.6 Å². The van der Waals surface area contributed by atoms with Crippen molar-refractivity contribution >= 4 is 10.9 Å². The van der Waals surface area contributed by atoms with Crippen LogP contribution in [0.15, 0.2) is 29.1 Å². The van der Waals surface area contributed by atoms with E-state index in [-0.39, 0.29) is 11.6 Å². The highest BCUT2D eigenvalue weighted by molar-refractivity contribution is 5.77. The molecule has 4 rings (SSSR count). The lowest BCUT2D eigenvalue weighted by Crippen LogP contribution is -2.36. The van der Waals surface area contributed by atoms with Crippen molar-refractivity contribution in [3.63, 3.8) is 0 Å². The van der Waals surface area contributed by atoms with Crippen LogP contribution in [0.25, 0.3) is 10.9 Å². The fourth-order valence-corrected chi connectivity index (χ4v) is 3.57. The van der Waals surface area contributed by atoms with Gasteiger partial charge in [0, 0.05) is 7.05 Å². The second-order valence-corrected chi connectivity index (χ2v) is 6.67. The van der Waals surface area contributed by atoms with Gasteiger partial charge < -0.3 is 0 Å². The summed E-state index contributed by atoms with van der Waals surface area (Å²) in [6.07, 6.45) is 3.33. The van der Waals surface area contributed by atoms with Gasteiger partial charge >= 0.3 is 0 Å². The average Bonchev–Trinajstić information content (AvgIpc) is 3.06. The number of nitrogens with one attached hydrogen (secondary N) is 1. The first-order chi connectivity index (χ1) is 12.1. The van der Waals surface area contributed by atoms with Crippen LogP contribution in [0.5, 0.6) is 0 Å². The Hall–Kier alpha value is -2.54. The van der Waals surface area contributed by atoms with Crippen LogP contribution in [0.1, 0.15) is 42.8 Å². The standard InChI is InChI=1S/C18H22N6O/c1-12-19-17(22-21-12)15-9-5-6-10-24(15)11-16-20-14-8-4-3-7-13(14)18(25)23(16)2/h3-4,7-8,15H,5-6,9-11H2,1-2H3,(H,19,21,22)/t15-/m1/s1. The van der Waals surface area contributed by atoms with Crippen molar-refractivity contribution < 1.29 is 0 Å². The molecule has 1 fully saturated rings. The van der Waals surface area contributed by atoms with E-state index in [1.165, 1.54) is 6.42 Å². The first-order valence-electron chi connectivity index (χ1n) is 8.71. The van der Waals surface area contributed by atoms with Gasteiger partial charge in [0.2, 0.25) is 0 Å². The highest BCUT2D eigenvalue weighted by Crippen LogP contribution is 2.29. The Labute approximate surface area is 145 Å². The number of hydrogen-bond acceptors (Lipinski definition) is 5. The lowest BCUT2D eigenvalue weighted by Gasteiger charge is -2.33. The van der Waals surface area contributed by atoms with E-state index in [0.717, 1.165) is 42.4 Å². The summed E-state index contributed by atoms with van der Waals surface area (Å²) in [6.45, 7) is 3.49. The third-order valence-corrected chi connectivity index (χ3v) is 4.95. The monoisotopic (exact) mass is 338 g/mol. The van der Waals surface area contributed by atoms with Crippen LogP contribution in [0, 0.1) is 6.92 Å². The molecule has 0 unspecified atom stereocenters. The number of nitrogens with zero attached hydrogens (tertiary/aromatic N) is 5. The highest BCUT2D eigenvalue weighted by Gasteiger charge is 2.28. The number of fused-ring (bicyclic) bond motifs is 1. The average molecular weight is 338 g/mol. The molecule has 0 spiro atoms. The van der Waals surface area contributed by atoms with E-state index in [1.54, 1.807) is 11.6 Å². The number of H-pyrrole nitrogens is 1. The molecular formula is C18H22N6O. The fourth-order valence-electron chi connectivity index (χ4n) is 3.57. The molecule has 130 valence electrons. The molecule has 0 amide bonds. The predicted octanol–water partition coefficient (Wildman–Crippen LogP) is 2.09. The molecule has 3 aromatic rings. The second-order valence-electron chi connectivity index (χ2n) is 6.67. The zero-order valence-electron chi connectivity index (χ0n) is 14.6. The van der Waals surface area contributed by atoms with Crippen molar-refractivity contribution in [2.45, 2.75) is 38.8 Å². The zero-order chi connectivity index (χ0) is 17.4. The van der Waals surface area contributed by atoms with Crippen LogP contribution >= 0.6 is 0 Å². The SMILES string of the molecule is Cc1nc([C@H]2CCCCN2Cc2nc3ccccc3c(=O)n2C)n[nH]1. The van der Waals surface area contributed by atoms with Crippen molar-refractivity contribution in [2.75, 3.05) is 6.54 Å². The number of likely N-dealkylation sites (tertiary alicyclic amines) is 1. The number of hydrogen-bond donors (Lipinski definition) is 1. The Morgan fingerprint density at radius 3 is 2.88 bits per heavy atom. The lowest BCUT2D eigenvalue weighted by molar-refractivity contribution is 0.129. The van der Waals surface area contributed by atoms with Crippen molar-refractivity contribution in [1.82, 2.24) is 29.6 Å². The van der Waals surface area contributed by atoms with Crippen LogP contribution in [0.3, 0.4) is 0 Å².